The second-order valence-corrected chi connectivity index (χ2v) is 7.59. The van der Waals surface area contributed by atoms with E-state index in [9.17, 15) is 4.79 Å². The van der Waals surface area contributed by atoms with Gasteiger partial charge in [0, 0.05) is 11.6 Å². The molecule has 1 aromatic carbocycles. The molecule has 4 nitrogen and oxygen atoms in total. The molecule has 3 aromatic rings. The largest absolute Gasteiger partial charge is 0.467 e. The summed E-state index contributed by atoms with van der Waals surface area (Å²) in [6, 6.07) is 15.5. The summed E-state index contributed by atoms with van der Waals surface area (Å²) in [5.74, 6) is 1.95. The minimum atomic E-state index is -0.135. The van der Waals surface area contributed by atoms with Crippen molar-refractivity contribution in [1.29, 1.82) is 0 Å². The average molecular weight is 381 g/mol. The standard InChI is InChI=1S/C20H15NO3S2/c1-13-4-6-14(7-5-13)17-9-8-15(24-17)11-18-19(22)21(20(25)26-18)12-16-3-2-10-23-16/h2-11H,12H2,1H3/b18-11-. The summed E-state index contributed by atoms with van der Waals surface area (Å²) in [5.41, 5.74) is 2.20. The molecule has 1 aliphatic rings. The molecule has 1 fully saturated rings. The Morgan fingerprint density at radius 1 is 1.15 bits per heavy atom. The Balaban J connectivity index is 1.54. The maximum atomic E-state index is 12.6. The summed E-state index contributed by atoms with van der Waals surface area (Å²) < 4.78 is 11.7. The fourth-order valence-electron chi connectivity index (χ4n) is 2.63. The quantitative estimate of drug-likeness (QED) is 0.456. The van der Waals surface area contributed by atoms with E-state index in [0.29, 0.717) is 27.3 Å². The second-order valence-electron chi connectivity index (χ2n) is 5.92. The van der Waals surface area contributed by atoms with Gasteiger partial charge in [0.2, 0.25) is 0 Å². The molecule has 0 bridgehead atoms. The monoisotopic (exact) mass is 381 g/mol. The van der Waals surface area contributed by atoms with Crippen LogP contribution in [0.5, 0.6) is 0 Å². The van der Waals surface area contributed by atoms with Gasteiger partial charge >= 0.3 is 0 Å². The zero-order valence-corrected chi connectivity index (χ0v) is 15.6. The predicted octanol–water partition coefficient (Wildman–Crippen LogP) is 5.25. The Morgan fingerprint density at radius 2 is 1.96 bits per heavy atom. The van der Waals surface area contributed by atoms with Crippen LogP contribution >= 0.6 is 24.0 Å². The van der Waals surface area contributed by atoms with Crippen molar-refractivity contribution in [2.45, 2.75) is 13.5 Å². The maximum absolute atomic E-state index is 12.6. The third kappa shape index (κ3) is 3.38. The van der Waals surface area contributed by atoms with Crippen LogP contribution in [-0.2, 0) is 11.3 Å². The number of benzene rings is 1. The predicted molar refractivity (Wildman–Crippen MR) is 106 cm³/mol. The van der Waals surface area contributed by atoms with Gasteiger partial charge in [-0.1, -0.05) is 53.8 Å². The van der Waals surface area contributed by atoms with E-state index in [1.165, 1.54) is 22.2 Å². The van der Waals surface area contributed by atoms with Crippen LogP contribution in [0.15, 0.2) is 68.5 Å². The Bertz CT molecular complexity index is 985. The zero-order valence-electron chi connectivity index (χ0n) is 14.0. The molecule has 0 spiro atoms. The SMILES string of the molecule is Cc1ccc(-c2ccc(/C=C3\SC(=S)N(Cc4ccco4)C3=O)o2)cc1. The van der Waals surface area contributed by atoms with Gasteiger partial charge in [-0.05, 0) is 31.2 Å². The van der Waals surface area contributed by atoms with Gasteiger partial charge in [-0.3, -0.25) is 9.69 Å². The molecule has 1 saturated heterocycles. The number of carbonyl (C=O) groups excluding carboxylic acids is 1. The molecular formula is C20H15NO3S2. The van der Waals surface area contributed by atoms with E-state index < -0.39 is 0 Å². The van der Waals surface area contributed by atoms with Gasteiger partial charge in [-0.15, -0.1) is 0 Å². The molecule has 1 aliphatic heterocycles. The minimum absolute atomic E-state index is 0.135. The highest BCUT2D eigenvalue weighted by atomic mass is 32.2. The van der Waals surface area contributed by atoms with E-state index in [2.05, 4.69) is 0 Å². The van der Waals surface area contributed by atoms with Gasteiger partial charge in [0.25, 0.3) is 5.91 Å². The molecular weight excluding hydrogens is 366 g/mol. The Labute approximate surface area is 160 Å². The molecule has 1 amide bonds. The van der Waals surface area contributed by atoms with Crippen LogP contribution in [0.2, 0.25) is 0 Å². The van der Waals surface area contributed by atoms with Gasteiger partial charge in [0.15, 0.2) is 0 Å². The van der Waals surface area contributed by atoms with Crippen LogP contribution in [-0.4, -0.2) is 15.1 Å². The number of furan rings is 2. The lowest BCUT2D eigenvalue weighted by molar-refractivity contribution is -0.122. The van der Waals surface area contributed by atoms with Gasteiger partial charge in [-0.2, -0.15) is 0 Å². The lowest BCUT2D eigenvalue weighted by atomic mass is 10.1. The summed E-state index contributed by atoms with van der Waals surface area (Å²) in [4.78, 5) is 14.7. The van der Waals surface area contributed by atoms with Gasteiger partial charge in [0.05, 0.1) is 17.7 Å². The van der Waals surface area contributed by atoms with Crippen LogP contribution in [0.25, 0.3) is 17.4 Å². The van der Waals surface area contributed by atoms with Gasteiger partial charge < -0.3 is 8.83 Å². The van der Waals surface area contributed by atoms with E-state index in [-0.39, 0.29) is 5.91 Å². The number of hydrogen-bond donors (Lipinski definition) is 0. The van der Waals surface area contributed by atoms with Crippen molar-refractivity contribution in [3.8, 4) is 11.3 Å². The third-order valence-electron chi connectivity index (χ3n) is 4.00. The molecule has 6 heteroatoms. The topological polar surface area (TPSA) is 46.6 Å². The summed E-state index contributed by atoms with van der Waals surface area (Å²) in [6.07, 6.45) is 3.32. The lowest BCUT2D eigenvalue weighted by Gasteiger charge is -2.11. The summed E-state index contributed by atoms with van der Waals surface area (Å²) in [5, 5.41) is 0. The van der Waals surface area contributed by atoms with Crippen molar-refractivity contribution in [1.82, 2.24) is 4.90 Å². The molecule has 0 aliphatic carbocycles. The first-order chi connectivity index (χ1) is 12.6. The first-order valence-corrected chi connectivity index (χ1v) is 9.27. The number of thiocarbonyl (C=S) groups is 1. The second kappa shape index (κ2) is 6.97. The lowest BCUT2D eigenvalue weighted by Crippen LogP contribution is -2.27. The highest BCUT2D eigenvalue weighted by molar-refractivity contribution is 8.26. The molecule has 3 heterocycles. The van der Waals surface area contributed by atoms with Crippen molar-refractivity contribution in [2.24, 2.45) is 0 Å². The number of amides is 1. The number of hydrogen-bond acceptors (Lipinski definition) is 5. The maximum Gasteiger partial charge on any atom is 0.266 e. The number of aryl methyl sites for hydroxylation is 1. The van der Waals surface area contributed by atoms with Crippen molar-refractivity contribution >= 4 is 40.3 Å². The van der Waals surface area contributed by atoms with Crippen LogP contribution < -0.4 is 0 Å². The molecule has 2 aromatic heterocycles. The number of nitrogens with zero attached hydrogens (tertiary/aromatic N) is 1. The zero-order chi connectivity index (χ0) is 18.1. The Kier molecular flexibility index (Phi) is 4.53. The van der Waals surface area contributed by atoms with Gasteiger partial charge in [-0.25, -0.2) is 0 Å². The van der Waals surface area contributed by atoms with Crippen LogP contribution in [0.3, 0.4) is 0 Å². The summed E-state index contributed by atoms with van der Waals surface area (Å²) >= 11 is 6.61. The highest BCUT2D eigenvalue weighted by Gasteiger charge is 2.32. The first kappa shape index (κ1) is 16.9. The van der Waals surface area contributed by atoms with E-state index >= 15 is 0 Å². The summed E-state index contributed by atoms with van der Waals surface area (Å²) in [6.45, 7) is 2.38. The first-order valence-electron chi connectivity index (χ1n) is 8.05. The molecule has 4 rings (SSSR count). The number of thioether (sulfide) groups is 1. The molecule has 26 heavy (non-hydrogen) atoms. The highest BCUT2D eigenvalue weighted by Crippen LogP contribution is 2.34. The number of rotatable bonds is 4. The van der Waals surface area contributed by atoms with Crippen molar-refractivity contribution in [3.63, 3.8) is 0 Å². The van der Waals surface area contributed by atoms with Gasteiger partial charge in [0.1, 0.15) is 21.6 Å². The van der Waals surface area contributed by atoms with Crippen LogP contribution in [0.4, 0.5) is 0 Å². The van der Waals surface area contributed by atoms with E-state index in [4.69, 9.17) is 21.1 Å². The molecule has 130 valence electrons. The fraction of sp³-hybridized carbons (Fsp3) is 0.100. The number of carbonyl (C=O) groups is 1. The van der Waals surface area contributed by atoms with Crippen LogP contribution in [0.1, 0.15) is 17.1 Å². The fourth-order valence-corrected chi connectivity index (χ4v) is 3.86. The molecule has 0 N–H and O–H groups in total. The molecule has 0 unspecified atom stereocenters. The van der Waals surface area contributed by atoms with E-state index in [0.717, 1.165) is 11.3 Å². The van der Waals surface area contributed by atoms with Crippen LogP contribution in [0, 0.1) is 6.92 Å². The molecule has 0 atom stereocenters. The van der Waals surface area contributed by atoms with E-state index in [1.54, 1.807) is 18.4 Å². The minimum Gasteiger partial charge on any atom is -0.467 e. The Morgan fingerprint density at radius 3 is 2.69 bits per heavy atom. The molecule has 0 radical (unpaired) electrons. The molecule has 0 saturated carbocycles. The summed E-state index contributed by atoms with van der Waals surface area (Å²) in [7, 11) is 0. The Hall–Kier alpha value is -2.57. The van der Waals surface area contributed by atoms with Crippen molar-refractivity contribution < 1.29 is 13.6 Å². The van der Waals surface area contributed by atoms with E-state index in [1.807, 2.05) is 49.4 Å². The average Bonchev–Trinajstić information content (AvgIpc) is 3.35. The normalized spacial score (nSPS) is 16.0. The third-order valence-corrected chi connectivity index (χ3v) is 5.38. The van der Waals surface area contributed by atoms with Crippen molar-refractivity contribution in [3.05, 3.63) is 76.8 Å². The van der Waals surface area contributed by atoms with Crippen molar-refractivity contribution in [2.75, 3.05) is 0 Å². The smallest absolute Gasteiger partial charge is 0.266 e.